The fraction of sp³-hybridized carbons (Fsp3) is 0. The first kappa shape index (κ1) is 11.5. The van der Waals surface area contributed by atoms with Gasteiger partial charge in [-0.2, -0.15) is 5.21 Å². The summed E-state index contributed by atoms with van der Waals surface area (Å²) in [6.07, 6.45) is 0. The van der Waals surface area contributed by atoms with Gasteiger partial charge in [0.1, 0.15) is 5.69 Å². The summed E-state index contributed by atoms with van der Waals surface area (Å²) >= 11 is 6.12. The lowest BCUT2D eigenvalue weighted by molar-refractivity contribution is 0.102. The molecule has 3 rings (SSSR count). The number of carbonyl (C=O) groups excluding carboxylic acids is 1. The maximum atomic E-state index is 12.0. The molecule has 0 aliphatic rings. The molecule has 0 saturated carbocycles. The summed E-state index contributed by atoms with van der Waals surface area (Å²) in [5, 5.41) is 16.5. The molecule has 1 aromatic carbocycles. The van der Waals surface area contributed by atoms with Crippen molar-refractivity contribution in [3.63, 3.8) is 0 Å². The third-order valence-corrected chi connectivity index (χ3v) is 2.78. The Labute approximate surface area is 112 Å². The van der Waals surface area contributed by atoms with Gasteiger partial charge < -0.3 is 0 Å². The highest BCUT2D eigenvalue weighted by Gasteiger charge is 2.12. The molecule has 19 heavy (non-hydrogen) atoms. The molecule has 7 nitrogen and oxygen atoms in total. The monoisotopic (exact) mass is 274 g/mol. The second-order valence-corrected chi connectivity index (χ2v) is 4.10. The Balaban J connectivity index is 1.98. The van der Waals surface area contributed by atoms with E-state index < -0.39 is 5.91 Å². The highest BCUT2D eigenvalue weighted by Crippen LogP contribution is 2.22. The number of tetrazole rings is 1. The Kier molecular flexibility index (Phi) is 2.81. The van der Waals surface area contributed by atoms with Crippen LogP contribution in [-0.2, 0) is 0 Å². The molecule has 3 aromatic rings. The molecule has 0 atom stereocenters. The van der Waals surface area contributed by atoms with E-state index >= 15 is 0 Å². The molecule has 0 fully saturated rings. The molecule has 2 heterocycles. The van der Waals surface area contributed by atoms with Crippen molar-refractivity contribution >= 4 is 34.4 Å². The number of rotatable bonds is 2. The molecule has 8 heteroatoms. The summed E-state index contributed by atoms with van der Waals surface area (Å²) in [5.41, 5.74) is 0.835. The molecule has 2 aromatic heterocycles. The van der Waals surface area contributed by atoms with Gasteiger partial charge in [0.2, 0.25) is 0 Å². The quantitative estimate of drug-likeness (QED) is 0.741. The first-order chi connectivity index (χ1) is 9.24. The molecule has 1 amide bonds. The van der Waals surface area contributed by atoms with E-state index in [0.717, 1.165) is 5.39 Å². The number of aromatic nitrogens is 5. The van der Waals surface area contributed by atoms with E-state index in [4.69, 9.17) is 11.6 Å². The number of anilines is 1. The van der Waals surface area contributed by atoms with Gasteiger partial charge in [0.15, 0.2) is 0 Å². The largest absolute Gasteiger partial charge is 0.286 e. The lowest BCUT2D eigenvalue weighted by Gasteiger charge is -2.04. The van der Waals surface area contributed by atoms with Crippen LogP contribution in [0.4, 0.5) is 5.95 Å². The maximum Gasteiger partial charge on any atom is 0.276 e. The first-order valence-electron chi connectivity index (χ1n) is 5.34. The van der Waals surface area contributed by atoms with E-state index in [2.05, 4.69) is 30.9 Å². The number of hydrogen-bond acceptors (Lipinski definition) is 5. The van der Waals surface area contributed by atoms with Crippen LogP contribution in [0.3, 0.4) is 0 Å². The van der Waals surface area contributed by atoms with Gasteiger partial charge in [-0.3, -0.25) is 10.1 Å². The van der Waals surface area contributed by atoms with Crippen LogP contribution in [0.2, 0.25) is 5.02 Å². The number of carbonyl (C=O) groups is 1. The van der Waals surface area contributed by atoms with Crippen LogP contribution >= 0.6 is 11.6 Å². The van der Waals surface area contributed by atoms with Crippen molar-refractivity contribution in [2.24, 2.45) is 0 Å². The first-order valence-corrected chi connectivity index (χ1v) is 5.72. The van der Waals surface area contributed by atoms with Crippen molar-refractivity contribution in [2.45, 2.75) is 0 Å². The fourth-order valence-electron chi connectivity index (χ4n) is 1.63. The van der Waals surface area contributed by atoms with Gasteiger partial charge in [0.25, 0.3) is 11.9 Å². The van der Waals surface area contributed by atoms with Gasteiger partial charge >= 0.3 is 0 Å². The van der Waals surface area contributed by atoms with Crippen molar-refractivity contribution in [3.05, 3.63) is 41.0 Å². The van der Waals surface area contributed by atoms with E-state index in [-0.39, 0.29) is 11.6 Å². The van der Waals surface area contributed by atoms with Crippen molar-refractivity contribution in [1.82, 2.24) is 25.6 Å². The van der Waals surface area contributed by atoms with Crippen LogP contribution in [0.25, 0.3) is 10.9 Å². The number of nitrogens with zero attached hydrogens (tertiary/aromatic N) is 4. The molecule has 0 bridgehead atoms. The van der Waals surface area contributed by atoms with Gasteiger partial charge in [-0.25, -0.2) is 4.98 Å². The molecule has 0 spiro atoms. The van der Waals surface area contributed by atoms with E-state index in [1.165, 1.54) is 6.07 Å². The van der Waals surface area contributed by atoms with Crippen LogP contribution in [0.5, 0.6) is 0 Å². The summed E-state index contributed by atoms with van der Waals surface area (Å²) in [4.78, 5) is 16.2. The molecule has 94 valence electrons. The van der Waals surface area contributed by atoms with Gasteiger partial charge in [-0.1, -0.05) is 34.9 Å². The Bertz CT molecular complexity index is 742. The number of pyridine rings is 1. The number of halogens is 1. The van der Waals surface area contributed by atoms with Crippen LogP contribution < -0.4 is 5.32 Å². The standard InChI is InChI=1S/C11H7ClN6O/c12-7-5-9(10(19)14-11-15-17-18-16-11)13-8-4-2-1-3-6(7)8/h1-5H,(H2,14,15,16,17,18,19). The lowest BCUT2D eigenvalue weighted by Crippen LogP contribution is -2.14. The van der Waals surface area contributed by atoms with Crippen molar-refractivity contribution in [1.29, 1.82) is 0 Å². The van der Waals surface area contributed by atoms with Crippen LogP contribution in [-0.4, -0.2) is 31.5 Å². The number of hydrogen-bond donors (Lipinski definition) is 2. The predicted molar refractivity (Wildman–Crippen MR) is 68.9 cm³/mol. The average molecular weight is 275 g/mol. The molecular weight excluding hydrogens is 268 g/mol. The third kappa shape index (κ3) is 2.23. The number of fused-ring (bicyclic) bond motifs is 1. The second-order valence-electron chi connectivity index (χ2n) is 3.70. The van der Waals surface area contributed by atoms with Gasteiger partial charge in [-0.05, 0) is 17.3 Å². The molecule has 0 unspecified atom stereocenters. The molecule has 0 aliphatic heterocycles. The number of nitrogens with one attached hydrogen (secondary N) is 2. The minimum absolute atomic E-state index is 0.0797. The topological polar surface area (TPSA) is 96.5 Å². The molecule has 2 N–H and O–H groups in total. The van der Waals surface area contributed by atoms with Crippen molar-refractivity contribution in [2.75, 3.05) is 5.32 Å². The normalized spacial score (nSPS) is 10.6. The molecule has 0 saturated heterocycles. The third-order valence-electron chi connectivity index (χ3n) is 2.47. The van der Waals surface area contributed by atoms with Gasteiger partial charge in [0.05, 0.1) is 10.5 Å². The number of aromatic amines is 1. The molecule has 0 radical (unpaired) electrons. The number of para-hydroxylation sites is 1. The van der Waals surface area contributed by atoms with Gasteiger partial charge in [-0.15, -0.1) is 5.10 Å². The number of H-pyrrole nitrogens is 1. The second kappa shape index (κ2) is 4.62. The zero-order chi connectivity index (χ0) is 13.2. The van der Waals surface area contributed by atoms with Crippen LogP contribution in [0, 0.1) is 0 Å². The Morgan fingerprint density at radius 1 is 1.32 bits per heavy atom. The molecule has 0 aliphatic carbocycles. The summed E-state index contributed by atoms with van der Waals surface area (Å²) in [5.74, 6) is -0.370. The lowest BCUT2D eigenvalue weighted by atomic mass is 10.2. The van der Waals surface area contributed by atoms with Gasteiger partial charge in [0, 0.05) is 5.39 Å². The van der Waals surface area contributed by atoms with E-state index in [9.17, 15) is 4.79 Å². The highest BCUT2D eigenvalue weighted by atomic mass is 35.5. The SMILES string of the molecule is O=C(Nc1nn[nH]n1)c1cc(Cl)c2ccccc2n1. The zero-order valence-electron chi connectivity index (χ0n) is 9.46. The van der Waals surface area contributed by atoms with Crippen LogP contribution in [0.1, 0.15) is 10.5 Å². The van der Waals surface area contributed by atoms with Crippen molar-refractivity contribution < 1.29 is 4.79 Å². The Morgan fingerprint density at radius 2 is 2.16 bits per heavy atom. The summed E-state index contributed by atoms with van der Waals surface area (Å²) in [7, 11) is 0. The van der Waals surface area contributed by atoms with Crippen LogP contribution in [0.15, 0.2) is 30.3 Å². The van der Waals surface area contributed by atoms with Crippen molar-refractivity contribution in [3.8, 4) is 0 Å². The fourth-order valence-corrected chi connectivity index (χ4v) is 1.89. The predicted octanol–water partition coefficient (Wildman–Crippen LogP) is 1.65. The van der Waals surface area contributed by atoms with E-state index in [1.807, 2.05) is 18.2 Å². The minimum Gasteiger partial charge on any atom is -0.286 e. The number of amides is 1. The number of benzene rings is 1. The van der Waals surface area contributed by atoms with E-state index in [1.54, 1.807) is 6.07 Å². The smallest absolute Gasteiger partial charge is 0.276 e. The average Bonchev–Trinajstić information content (AvgIpc) is 2.91. The highest BCUT2D eigenvalue weighted by molar-refractivity contribution is 6.35. The summed E-state index contributed by atoms with van der Waals surface area (Å²) in [6, 6.07) is 8.80. The minimum atomic E-state index is -0.450. The van der Waals surface area contributed by atoms with E-state index in [0.29, 0.717) is 10.5 Å². The summed E-state index contributed by atoms with van der Waals surface area (Å²) in [6.45, 7) is 0. The maximum absolute atomic E-state index is 12.0. The molecular formula is C11H7ClN6O. The Hall–Kier alpha value is -2.54. The zero-order valence-corrected chi connectivity index (χ0v) is 10.2. The summed E-state index contributed by atoms with van der Waals surface area (Å²) < 4.78 is 0. The Morgan fingerprint density at radius 3 is 2.95 bits per heavy atom.